The van der Waals surface area contributed by atoms with Crippen LogP contribution in [0.1, 0.15) is 18.1 Å². The number of esters is 1. The summed E-state index contributed by atoms with van der Waals surface area (Å²) in [5.41, 5.74) is 1.70. The second-order valence-corrected chi connectivity index (χ2v) is 5.97. The first-order valence-electron chi connectivity index (χ1n) is 6.88. The molecule has 7 heteroatoms. The Labute approximate surface area is 138 Å². The molecule has 1 aromatic carbocycles. The van der Waals surface area contributed by atoms with Gasteiger partial charge in [0.1, 0.15) is 11.8 Å². The zero-order chi connectivity index (χ0) is 17.1. The molecule has 2 amide bonds. The maximum Gasteiger partial charge on any atom is 0.328 e. The quantitative estimate of drug-likeness (QED) is 0.622. The van der Waals surface area contributed by atoms with Crippen LogP contribution in [0.25, 0.3) is 6.08 Å². The molecule has 0 aromatic heterocycles. The van der Waals surface area contributed by atoms with Gasteiger partial charge in [0, 0.05) is 0 Å². The molecule has 23 heavy (non-hydrogen) atoms. The molecule has 6 nitrogen and oxygen atoms in total. The molecule has 1 aliphatic rings. The van der Waals surface area contributed by atoms with E-state index >= 15 is 0 Å². The summed E-state index contributed by atoms with van der Waals surface area (Å²) in [7, 11) is 2.80. The Kier molecular flexibility index (Phi) is 5.10. The van der Waals surface area contributed by atoms with Crippen molar-refractivity contribution in [3.8, 4) is 5.75 Å². The van der Waals surface area contributed by atoms with E-state index in [1.54, 1.807) is 25.3 Å². The first-order valence-corrected chi connectivity index (χ1v) is 7.70. The Bertz CT molecular complexity index is 698. The molecule has 0 bridgehead atoms. The monoisotopic (exact) mass is 335 g/mol. The Morgan fingerprint density at radius 3 is 2.57 bits per heavy atom. The van der Waals surface area contributed by atoms with Crippen molar-refractivity contribution in [2.24, 2.45) is 0 Å². The largest absolute Gasteiger partial charge is 0.496 e. The Morgan fingerprint density at radius 2 is 2.00 bits per heavy atom. The number of hydrogen-bond donors (Lipinski definition) is 0. The van der Waals surface area contributed by atoms with E-state index in [1.807, 2.05) is 13.0 Å². The van der Waals surface area contributed by atoms with Crippen molar-refractivity contribution < 1.29 is 23.9 Å². The molecular weight excluding hydrogens is 318 g/mol. The molecule has 2 rings (SSSR count). The Balaban J connectivity index is 2.28. The molecule has 1 saturated heterocycles. The van der Waals surface area contributed by atoms with Crippen molar-refractivity contribution in [2.75, 3.05) is 14.2 Å². The third kappa shape index (κ3) is 3.39. The lowest BCUT2D eigenvalue weighted by molar-refractivity contribution is -0.148. The minimum atomic E-state index is -0.948. The number of aryl methyl sites for hydroxylation is 1. The summed E-state index contributed by atoms with van der Waals surface area (Å²) in [6.07, 6.45) is 1.63. The first kappa shape index (κ1) is 17.1. The molecule has 1 heterocycles. The molecular formula is C16H17NO5S. The van der Waals surface area contributed by atoms with Gasteiger partial charge in [0.2, 0.25) is 0 Å². The van der Waals surface area contributed by atoms with Crippen molar-refractivity contribution >= 4 is 35.0 Å². The second-order valence-electron chi connectivity index (χ2n) is 4.98. The SMILES string of the molecule is COC(=O)[C@@H](C)N1C(=O)S/C(=C/c2ccc(OC)c(C)c2)C1=O. The third-order valence-corrected chi connectivity index (χ3v) is 4.35. The lowest BCUT2D eigenvalue weighted by atomic mass is 10.1. The highest BCUT2D eigenvalue weighted by molar-refractivity contribution is 8.18. The number of rotatable bonds is 4. The fourth-order valence-corrected chi connectivity index (χ4v) is 3.14. The highest BCUT2D eigenvalue weighted by Crippen LogP contribution is 2.34. The summed E-state index contributed by atoms with van der Waals surface area (Å²) >= 11 is 0.808. The number of hydrogen-bond acceptors (Lipinski definition) is 6. The van der Waals surface area contributed by atoms with Gasteiger partial charge in [-0.05, 0) is 54.9 Å². The summed E-state index contributed by atoms with van der Waals surface area (Å²) in [6.45, 7) is 3.35. The van der Waals surface area contributed by atoms with Crippen LogP contribution in [0.2, 0.25) is 0 Å². The zero-order valence-corrected chi connectivity index (χ0v) is 14.1. The van der Waals surface area contributed by atoms with Gasteiger partial charge in [0.25, 0.3) is 11.1 Å². The molecule has 0 N–H and O–H groups in total. The predicted octanol–water partition coefficient (Wildman–Crippen LogP) is 2.60. The number of benzene rings is 1. The summed E-state index contributed by atoms with van der Waals surface area (Å²) in [5.74, 6) is -0.380. The third-order valence-electron chi connectivity index (χ3n) is 3.47. The van der Waals surface area contributed by atoms with Crippen molar-refractivity contribution in [1.29, 1.82) is 0 Å². The fraction of sp³-hybridized carbons (Fsp3) is 0.312. The van der Waals surface area contributed by atoms with E-state index in [0.29, 0.717) is 0 Å². The Morgan fingerprint density at radius 1 is 1.30 bits per heavy atom. The molecule has 0 aliphatic carbocycles. The van der Waals surface area contributed by atoms with E-state index < -0.39 is 23.2 Å². The lowest BCUT2D eigenvalue weighted by Gasteiger charge is -2.18. The van der Waals surface area contributed by atoms with E-state index in [1.165, 1.54) is 14.0 Å². The summed E-state index contributed by atoms with van der Waals surface area (Å²) in [4.78, 5) is 37.1. The maximum absolute atomic E-state index is 12.4. The van der Waals surface area contributed by atoms with E-state index in [4.69, 9.17) is 4.74 Å². The Hall–Kier alpha value is -2.28. The van der Waals surface area contributed by atoms with Crippen molar-refractivity contribution in [2.45, 2.75) is 19.9 Å². The van der Waals surface area contributed by atoms with E-state index in [9.17, 15) is 14.4 Å². The van der Waals surface area contributed by atoms with Gasteiger partial charge < -0.3 is 9.47 Å². The molecule has 0 radical (unpaired) electrons. The number of carbonyl (C=O) groups excluding carboxylic acids is 3. The van der Waals surface area contributed by atoms with Crippen LogP contribution in [0.3, 0.4) is 0 Å². The van der Waals surface area contributed by atoms with Crippen LogP contribution in [-0.2, 0) is 14.3 Å². The highest BCUT2D eigenvalue weighted by Gasteiger charge is 2.41. The zero-order valence-electron chi connectivity index (χ0n) is 13.3. The normalized spacial score (nSPS) is 17.6. The summed E-state index contributed by atoms with van der Waals surface area (Å²) in [6, 6.07) is 4.50. The molecule has 1 aliphatic heterocycles. The molecule has 1 aromatic rings. The fourth-order valence-electron chi connectivity index (χ4n) is 2.23. The van der Waals surface area contributed by atoms with Crippen LogP contribution in [0.5, 0.6) is 5.75 Å². The smallest absolute Gasteiger partial charge is 0.328 e. The molecule has 122 valence electrons. The highest BCUT2D eigenvalue weighted by atomic mass is 32.2. The second kappa shape index (κ2) is 6.87. The summed E-state index contributed by atoms with van der Waals surface area (Å²) in [5, 5.41) is -0.482. The van der Waals surface area contributed by atoms with Gasteiger partial charge in [0.05, 0.1) is 19.1 Å². The van der Waals surface area contributed by atoms with Crippen LogP contribution in [-0.4, -0.2) is 42.3 Å². The number of nitrogens with zero attached hydrogens (tertiary/aromatic N) is 1. The van der Waals surface area contributed by atoms with E-state index in [2.05, 4.69) is 4.74 Å². The number of thioether (sulfide) groups is 1. The average molecular weight is 335 g/mol. The summed E-state index contributed by atoms with van der Waals surface area (Å²) < 4.78 is 9.78. The molecule has 0 saturated carbocycles. The van der Waals surface area contributed by atoms with Gasteiger partial charge in [0.15, 0.2) is 0 Å². The number of amides is 2. The van der Waals surface area contributed by atoms with Crippen LogP contribution < -0.4 is 4.74 Å². The van der Waals surface area contributed by atoms with Crippen LogP contribution in [0.15, 0.2) is 23.1 Å². The van der Waals surface area contributed by atoms with Crippen molar-refractivity contribution in [3.63, 3.8) is 0 Å². The first-order chi connectivity index (χ1) is 10.9. The van der Waals surface area contributed by atoms with Gasteiger partial charge in [-0.25, -0.2) is 4.79 Å². The minimum Gasteiger partial charge on any atom is -0.496 e. The topological polar surface area (TPSA) is 72.9 Å². The van der Waals surface area contributed by atoms with E-state index in [-0.39, 0.29) is 4.91 Å². The molecule has 0 spiro atoms. The predicted molar refractivity (Wildman–Crippen MR) is 87.0 cm³/mol. The van der Waals surface area contributed by atoms with Gasteiger partial charge in [-0.2, -0.15) is 0 Å². The molecule has 1 fully saturated rings. The number of imide groups is 1. The molecule has 0 unspecified atom stereocenters. The standard InChI is InChI=1S/C16H17NO5S/c1-9-7-11(5-6-12(9)21-3)8-13-14(18)17(16(20)23-13)10(2)15(19)22-4/h5-8,10H,1-4H3/b13-8+/t10-/m1/s1. The van der Waals surface area contributed by atoms with Gasteiger partial charge >= 0.3 is 5.97 Å². The van der Waals surface area contributed by atoms with E-state index in [0.717, 1.165) is 33.5 Å². The van der Waals surface area contributed by atoms with Crippen molar-refractivity contribution in [3.05, 3.63) is 34.2 Å². The van der Waals surface area contributed by atoms with Crippen LogP contribution >= 0.6 is 11.8 Å². The van der Waals surface area contributed by atoms with Gasteiger partial charge in [-0.1, -0.05) is 6.07 Å². The average Bonchev–Trinajstić information content (AvgIpc) is 2.80. The van der Waals surface area contributed by atoms with Gasteiger partial charge in [-0.15, -0.1) is 0 Å². The number of ether oxygens (including phenoxy) is 2. The molecule has 1 atom stereocenters. The minimum absolute atomic E-state index is 0.273. The maximum atomic E-state index is 12.4. The number of carbonyl (C=O) groups is 3. The van der Waals surface area contributed by atoms with Gasteiger partial charge in [-0.3, -0.25) is 14.5 Å². The lowest BCUT2D eigenvalue weighted by Crippen LogP contribution is -2.42. The number of methoxy groups -OCH3 is 2. The van der Waals surface area contributed by atoms with Crippen molar-refractivity contribution in [1.82, 2.24) is 4.90 Å². The van der Waals surface area contributed by atoms with Crippen LogP contribution in [0, 0.1) is 6.92 Å². The van der Waals surface area contributed by atoms with Crippen LogP contribution in [0.4, 0.5) is 4.79 Å².